The zero-order valence-electron chi connectivity index (χ0n) is 12.6. The molecule has 1 aliphatic carbocycles. The molecule has 1 aromatic heterocycles. The second-order valence-corrected chi connectivity index (χ2v) is 6.79. The Morgan fingerprint density at radius 2 is 2.09 bits per heavy atom. The van der Waals surface area contributed by atoms with Gasteiger partial charge in [-0.2, -0.15) is 0 Å². The second-order valence-electron chi connectivity index (χ2n) is 5.71. The van der Waals surface area contributed by atoms with Crippen LogP contribution in [0.3, 0.4) is 0 Å². The van der Waals surface area contributed by atoms with Crippen molar-refractivity contribution >= 4 is 22.4 Å². The first-order chi connectivity index (χ1) is 10.7. The summed E-state index contributed by atoms with van der Waals surface area (Å²) in [5.41, 5.74) is 2.92. The number of benzene rings is 1. The van der Waals surface area contributed by atoms with Gasteiger partial charge in [-0.3, -0.25) is 10.1 Å². The third-order valence-corrected chi connectivity index (χ3v) is 5.03. The van der Waals surface area contributed by atoms with Crippen molar-refractivity contribution in [2.75, 3.05) is 11.9 Å². The number of hydrogen-bond donors (Lipinski definition) is 2. The van der Waals surface area contributed by atoms with Gasteiger partial charge in [0.05, 0.1) is 5.69 Å². The number of aliphatic hydroxyl groups excluding tert-OH is 1. The summed E-state index contributed by atoms with van der Waals surface area (Å²) >= 11 is 1.49. The maximum Gasteiger partial charge on any atom is 0.257 e. The van der Waals surface area contributed by atoms with Crippen molar-refractivity contribution in [2.45, 2.75) is 38.5 Å². The number of amides is 1. The van der Waals surface area contributed by atoms with Crippen molar-refractivity contribution < 1.29 is 9.90 Å². The summed E-state index contributed by atoms with van der Waals surface area (Å²) in [6.45, 7) is 2.11. The summed E-state index contributed by atoms with van der Waals surface area (Å²) in [6, 6.07) is 7.87. The molecule has 5 heteroatoms. The van der Waals surface area contributed by atoms with Crippen LogP contribution in [0.5, 0.6) is 0 Å². The van der Waals surface area contributed by atoms with Crippen molar-refractivity contribution in [3.05, 3.63) is 46.0 Å². The van der Waals surface area contributed by atoms with Gasteiger partial charge >= 0.3 is 0 Å². The van der Waals surface area contributed by atoms with Gasteiger partial charge in [0, 0.05) is 17.0 Å². The normalized spacial score (nSPS) is 14.1. The van der Waals surface area contributed by atoms with E-state index in [0.29, 0.717) is 16.6 Å². The molecule has 3 rings (SSSR count). The fraction of sp³-hybridized carbons (Fsp3) is 0.412. The van der Waals surface area contributed by atoms with E-state index >= 15 is 0 Å². The molecular formula is C17H20N2O2S. The molecule has 2 N–H and O–H groups in total. The minimum atomic E-state index is -0.121. The lowest BCUT2D eigenvalue weighted by molar-refractivity contribution is 0.102. The third kappa shape index (κ3) is 3.54. The number of aromatic nitrogens is 1. The Morgan fingerprint density at radius 3 is 2.73 bits per heavy atom. The molecule has 1 fully saturated rings. The third-order valence-electron chi connectivity index (χ3n) is 3.90. The summed E-state index contributed by atoms with van der Waals surface area (Å²) in [6.07, 6.45) is 4.05. The second kappa shape index (κ2) is 6.58. The molecule has 0 bridgehead atoms. The smallest absolute Gasteiger partial charge is 0.257 e. The Bertz CT molecular complexity index is 660. The first-order valence-corrected chi connectivity index (χ1v) is 8.47. The van der Waals surface area contributed by atoms with Gasteiger partial charge in [0.15, 0.2) is 5.13 Å². The van der Waals surface area contributed by atoms with Gasteiger partial charge in [-0.15, -0.1) is 11.3 Å². The topological polar surface area (TPSA) is 62.2 Å². The minimum absolute atomic E-state index is 0.121. The molecule has 22 heavy (non-hydrogen) atoms. The maximum absolute atomic E-state index is 12.3. The average Bonchev–Trinajstić information content (AvgIpc) is 3.31. The van der Waals surface area contributed by atoms with Gasteiger partial charge in [0.2, 0.25) is 0 Å². The number of aliphatic hydroxyl groups is 1. The summed E-state index contributed by atoms with van der Waals surface area (Å²) < 4.78 is 0. The van der Waals surface area contributed by atoms with E-state index in [-0.39, 0.29) is 12.5 Å². The van der Waals surface area contributed by atoms with Crippen LogP contribution in [0, 0.1) is 6.92 Å². The number of nitrogens with one attached hydrogen (secondary N) is 1. The molecule has 1 saturated carbocycles. The summed E-state index contributed by atoms with van der Waals surface area (Å²) in [7, 11) is 0. The largest absolute Gasteiger partial charge is 0.396 e. The van der Waals surface area contributed by atoms with Crippen LogP contribution in [0.1, 0.15) is 51.7 Å². The number of carbonyl (C=O) groups is 1. The first-order valence-electron chi connectivity index (χ1n) is 7.66. The number of nitrogens with zero attached hydrogens (tertiary/aromatic N) is 1. The molecule has 1 amide bonds. The van der Waals surface area contributed by atoms with Gasteiger partial charge in [-0.05, 0) is 56.2 Å². The molecule has 0 spiro atoms. The predicted octanol–water partition coefficient (Wildman–Crippen LogP) is 3.51. The van der Waals surface area contributed by atoms with Crippen LogP contribution in [0.2, 0.25) is 0 Å². The molecular weight excluding hydrogens is 296 g/mol. The van der Waals surface area contributed by atoms with Crippen LogP contribution >= 0.6 is 11.3 Å². The monoisotopic (exact) mass is 316 g/mol. The van der Waals surface area contributed by atoms with Crippen LogP contribution in [0.4, 0.5) is 5.13 Å². The SMILES string of the molecule is Cc1nc(NC(=O)c2ccc(C3CC3)cc2)sc1CCCO. The number of anilines is 1. The Labute approximate surface area is 134 Å². The van der Waals surface area contributed by atoms with Crippen LogP contribution in [-0.4, -0.2) is 22.6 Å². The zero-order chi connectivity index (χ0) is 15.5. The summed E-state index contributed by atoms with van der Waals surface area (Å²) in [4.78, 5) is 17.8. The highest BCUT2D eigenvalue weighted by atomic mass is 32.1. The first kappa shape index (κ1) is 15.2. The van der Waals surface area contributed by atoms with Gasteiger partial charge in [-0.25, -0.2) is 4.98 Å². The number of rotatable bonds is 6. The molecule has 4 nitrogen and oxygen atoms in total. The maximum atomic E-state index is 12.3. The number of thiazole rings is 1. The van der Waals surface area contributed by atoms with Crippen LogP contribution < -0.4 is 5.32 Å². The average molecular weight is 316 g/mol. The van der Waals surface area contributed by atoms with E-state index in [9.17, 15) is 4.79 Å². The Hall–Kier alpha value is -1.72. The van der Waals surface area contributed by atoms with Crippen molar-refractivity contribution in [2.24, 2.45) is 0 Å². The van der Waals surface area contributed by atoms with Crippen molar-refractivity contribution in [1.82, 2.24) is 4.98 Å². The molecule has 0 unspecified atom stereocenters. The molecule has 0 saturated heterocycles. The van der Waals surface area contributed by atoms with E-state index in [1.807, 2.05) is 31.2 Å². The molecule has 116 valence electrons. The van der Waals surface area contributed by atoms with E-state index in [0.717, 1.165) is 23.4 Å². The minimum Gasteiger partial charge on any atom is -0.396 e. The fourth-order valence-electron chi connectivity index (χ4n) is 2.45. The molecule has 0 atom stereocenters. The van der Waals surface area contributed by atoms with Gasteiger partial charge in [0.1, 0.15) is 0 Å². The van der Waals surface area contributed by atoms with Gasteiger partial charge < -0.3 is 5.11 Å². The highest BCUT2D eigenvalue weighted by Gasteiger charge is 2.23. The quantitative estimate of drug-likeness (QED) is 0.857. The highest BCUT2D eigenvalue weighted by Crippen LogP contribution is 2.39. The number of carbonyl (C=O) groups excluding carboxylic acids is 1. The molecule has 1 aliphatic rings. The lowest BCUT2D eigenvalue weighted by Crippen LogP contribution is -2.11. The Kier molecular flexibility index (Phi) is 4.55. The lowest BCUT2D eigenvalue weighted by atomic mass is 10.1. The Morgan fingerprint density at radius 1 is 1.36 bits per heavy atom. The zero-order valence-corrected chi connectivity index (χ0v) is 13.4. The molecule has 0 aliphatic heterocycles. The van der Waals surface area contributed by atoms with E-state index in [4.69, 9.17) is 5.11 Å². The van der Waals surface area contributed by atoms with E-state index < -0.39 is 0 Å². The van der Waals surface area contributed by atoms with E-state index in [1.165, 1.54) is 29.7 Å². The Balaban J connectivity index is 1.65. The lowest BCUT2D eigenvalue weighted by Gasteiger charge is -2.03. The van der Waals surface area contributed by atoms with Crippen molar-refractivity contribution in [3.8, 4) is 0 Å². The summed E-state index contributed by atoms with van der Waals surface area (Å²) in [5.74, 6) is 0.581. The molecule has 2 aromatic rings. The van der Waals surface area contributed by atoms with Crippen LogP contribution in [0.15, 0.2) is 24.3 Å². The van der Waals surface area contributed by atoms with Crippen LogP contribution in [-0.2, 0) is 6.42 Å². The molecule has 1 heterocycles. The van der Waals surface area contributed by atoms with Gasteiger partial charge in [-0.1, -0.05) is 12.1 Å². The van der Waals surface area contributed by atoms with Crippen molar-refractivity contribution in [1.29, 1.82) is 0 Å². The summed E-state index contributed by atoms with van der Waals surface area (Å²) in [5, 5.41) is 12.4. The number of hydrogen-bond acceptors (Lipinski definition) is 4. The fourth-order valence-corrected chi connectivity index (χ4v) is 3.45. The van der Waals surface area contributed by atoms with Crippen LogP contribution in [0.25, 0.3) is 0 Å². The number of aryl methyl sites for hydroxylation is 2. The molecule has 1 aromatic carbocycles. The molecule has 0 radical (unpaired) electrons. The standard InChI is InChI=1S/C17H20N2O2S/c1-11-15(3-2-10-20)22-17(18-11)19-16(21)14-8-6-13(7-9-14)12-4-5-12/h6-9,12,20H,2-5,10H2,1H3,(H,18,19,21). The van der Waals surface area contributed by atoms with Crippen molar-refractivity contribution in [3.63, 3.8) is 0 Å². The van der Waals surface area contributed by atoms with Gasteiger partial charge in [0.25, 0.3) is 5.91 Å². The van der Waals surface area contributed by atoms with E-state index in [1.54, 1.807) is 0 Å². The van der Waals surface area contributed by atoms with E-state index in [2.05, 4.69) is 10.3 Å². The predicted molar refractivity (Wildman–Crippen MR) is 88.6 cm³/mol. The highest BCUT2D eigenvalue weighted by molar-refractivity contribution is 7.15.